The van der Waals surface area contributed by atoms with Crippen molar-refractivity contribution >= 4 is 35.0 Å². The number of thioether (sulfide) groups is 1. The molecule has 2 N–H and O–H groups in total. The summed E-state index contributed by atoms with van der Waals surface area (Å²) in [5, 5.41) is 9.36. The number of hydrogen-bond acceptors (Lipinski definition) is 6. The van der Waals surface area contributed by atoms with Crippen LogP contribution in [0.15, 0.2) is 59.8 Å². The Bertz CT molecular complexity index is 988. The van der Waals surface area contributed by atoms with E-state index in [0.717, 1.165) is 18.7 Å². The summed E-state index contributed by atoms with van der Waals surface area (Å²) in [7, 11) is 0. The van der Waals surface area contributed by atoms with E-state index in [1.807, 2.05) is 35.2 Å². The average molecular weight is 429 g/mol. The van der Waals surface area contributed by atoms with Gasteiger partial charge in [0.25, 0.3) is 0 Å². The first kappa shape index (κ1) is 19.6. The molecule has 0 bridgehead atoms. The monoisotopic (exact) mass is 428 g/mol. The van der Waals surface area contributed by atoms with Gasteiger partial charge in [0, 0.05) is 42.5 Å². The highest BCUT2D eigenvalue weighted by Gasteiger charge is 2.22. The molecule has 0 unspecified atom stereocenters. The van der Waals surface area contributed by atoms with Crippen molar-refractivity contribution in [3.05, 3.63) is 59.6 Å². The van der Waals surface area contributed by atoms with Crippen molar-refractivity contribution in [1.29, 1.82) is 0 Å². The first-order valence-electron chi connectivity index (χ1n) is 9.29. The second-order valence-corrected chi connectivity index (χ2v) is 8.06. The van der Waals surface area contributed by atoms with Crippen LogP contribution in [-0.2, 0) is 4.79 Å². The zero-order valence-electron chi connectivity index (χ0n) is 15.7. The van der Waals surface area contributed by atoms with Gasteiger partial charge in [-0.2, -0.15) is 0 Å². The Morgan fingerprint density at radius 1 is 1.03 bits per heavy atom. The predicted octanol–water partition coefficient (Wildman–Crippen LogP) is 2.75. The van der Waals surface area contributed by atoms with Crippen LogP contribution in [-0.4, -0.2) is 57.6 Å². The van der Waals surface area contributed by atoms with Gasteiger partial charge in [0.05, 0.1) is 5.75 Å². The number of para-hydroxylation sites is 1. The Hall–Kier alpha value is -2.71. The number of benzene rings is 2. The molecule has 1 fully saturated rings. The summed E-state index contributed by atoms with van der Waals surface area (Å²) in [6, 6.07) is 17.5. The Labute approximate surface area is 178 Å². The largest absolute Gasteiger partial charge is 0.368 e. The molecule has 3 aromatic rings. The third kappa shape index (κ3) is 4.49. The molecule has 1 aliphatic heterocycles. The van der Waals surface area contributed by atoms with Gasteiger partial charge in [-0.1, -0.05) is 53.7 Å². The number of amides is 1. The van der Waals surface area contributed by atoms with Crippen molar-refractivity contribution in [2.45, 2.75) is 5.16 Å². The fourth-order valence-electron chi connectivity index (χ4n) is 3.27. The van der Waals surface area contributed by atoms with Gasteiger partial charge in [-0.15, -0.1) is 10.2 Å². The molecule has 29 heavy (non-hydrogen) atoms. The molecule has 9 heteroatoms. The maximum absolute atomic E-state index is 12.6. The number of aromatic nitrogens is 3. The molecule has 150 valence electrons. The molecule has 1 saturated heterocycles. The fraction of sp³-hybridized carbons (Fsp3) is 0.250. The molecule has 2 heterocycles. The minimum atomic E-state index is 0.0787. The SMILES string of the molecule is Nn1c(SCC(=O)N2CCN(c3ccccc3)CC2)nnc1-c1cccc(Cl)c1. The summed E-state index contributed by atoms with van der Waals surface area (Å²) >= 11 is 7.33. The Kier molecular flexibility index (Phi) is 5.92. The second kappa shape index (κ2) is 8.75. The molecule has 2 aromatic carbocycles. The van der Waals surface area contributed by atoms with E-state index in [0.29, 0.717) is 29.1 Å². The van der Waals surface area contributed by atoms with Gasteiger partial charge >= 0.3 is 0 Å². The second-order valence-electron chi connectivity index (χ2n) is 6.68. The number of carbonyl (C=O) groups is 1. The number of anilines is 1. The smallest absolute Gasteiger partial charge is 0.233 e. The van der Waals surface area contributed by atoms with Crippen LogP contribution in [0.5, 0.6) is 0 Å². The lowest BCUT2D eigenvalue weighted by Gasteiger charge is -2.36. The number of piperazine rings is 1. The van der Waals surface area contributed by atoms with Crippen LogP contribution >= 0.6 is 23.4 Å². The minimum absolute atomic E-state index is 0.0787. The van der Waals surface area contributed by atoms with Gasteiger partial charge in [-0.05, 0) is 24.3 Å². The van der Waals surface area contributed by atoms with Crippen LogP contribution in [0.2, 0.25) is 5.02 Å². The van der Waals surface area contributed by atoms with E-state index in [9.17, 15) is 4.79 Å². The van der Waals surface area contributed by atoms with Crippen LogP contribution in [0.1, 0.15) is 0 Å². The summed E-state index contributed by atoms with van der Waals surface area (Å²) in [4.78, 5) is 16.8. The molecule has 0 spiro atoms. The van der Waals surface area contributed by atoms with Crippen LogP contribution < -0.4 is 10.7 Å². The quantitative estimate of drug-likeness (QED) is 0.497. The van der Waals surface area contributed by atoms with Crippen molar-refractivity contribution in [2.75, 3.05) is 42.7 Å². The van der Waals surface area contributed by atoms with E-state index in [1.165, 1.54) is 22.1 Å². The third-order valence-electron chi connectivity index (χ3n) is 4.83. The lowest BCUT2D eigenvalue weighted by atomic mass is 10.2. The molecule has 4 rings (SSSR count). The zero-order chi connectivity index (χ0) is 20.2. The van der Waals surface area contributed by atoms with Crippen molar-refractivity contribution in [3.63, 3.8) is 0 Å². The standard InChI is InChI=1S/C20H21ClN6OS/c21-16-6-4-5-15(13-16)19-23-24-20(27(19)22)29-14-18(28)26-11-9-25(10-12-26)17-7-2-1-3-8-17/h1-8,13H,9-12,14,22H2. The van der Waals surface area contributed by atoms with Crippen molar-refractivity contribution < 1.29 is 4.79 Å². The topological polar surface area (TPSA) is 80.3 Å². The highest BCUT2D eigenvalue weighted by atomic mass is 35.5. The van der Waals surface area contributed by atoms with E-state index in [4.69, 9.17) is 17.4 Å². The highest BCUT2D eigenvalue weighted by Crippen LogP contribution is 2.24. The molecule has 1 aromatic heterocycles. The lowest BCUT2D eigenvalue weighted by Crippen LogP contribution is -2.49. The molecule has 0 radical (unpaired) electrons. The van der Waals surface area contributed by atoms with E-state index < -0.39 is 0 Å². The Morgan fingerprint density at radius 2 is 1.79 bits per heavy atom. The molecular weight excluding hydrogens is 408 g/mol. The van der Waals surface area contributed by atoms with Gasteiger partial charge in [0.2, 0.25) is 11.1 Å². The third-order valence-corrected chi connectivity index (χ3v) is 5.99. The Morgan fingerprint density at radius 3 is 2.52 bits per heavy atom. The van der Waals surface area contributed by atoms with E-state index in [-0.39, 0.29) is 11.7 Å². The van der Waals surface area contributed by atoms with Gasteiger partial charge in [-0.3, -0.25) is 4.79 Å². The fourth-order valence-corrected chi connectivity index (χ4v) is 4.22. The zero-order valence-corrected chi connectivity index (χ0v) is 17.3. The summed E-state index contributed by atoms with van der Waals surface area (Å²) in [6.07, 6.45) is 0. The number of carbonyl (C=O) groups excluding carboxylic acids is 1. The number of nitrogens with two attached hydrogens (primary N) is 1. The normalized spacial score (nSPS) is 14.2. The van der Waals surface area contributed by atoms with Crippen LogP contribution in [0.25, 0.3) is 11.4 Å². The molecule has 1 aliphatic rings. The first-order chi connectivity index (χ1) is 14.1. The van der Waals surface area contributed by atoms with Crippen molar-refractivity contribution in [2.24, 2.45) is 0 Å². The van der Waals surface area contributed by atoms with Gasteiger partial charge in [0.15, 0.2) is 5.82 Å². The number of halogens is 1. The number of nitrogens with zero attached hydrogens (tertiary/aromatic N) is 5. The Balaban J connectivity index is 1.33. The highest BCUT2D eigenvalue weighted by molar-refractivity contribution is 7.99. The summed E-state index contributed by atoms with van der Waals surface area (Å²) in [5.74, 6) is 6.99. The predicted molar refractivity (Wildman–Crippen MR) is 117 cm³/mol. The molecular formula is C20H21ClN6OS. The van der Waals surface area contributed by atoms with E-state index in [1.54, 1.807) is 12.1 Å². The van der Waals surface area contributed by atoms with Crippen molar-refractivity contribution in [1.82, 2.24) is 19.8 Å². The maximum Gasteiger partial charge on any atom is 0.233 e. The van der Waals surface area contributed by atoms with Crippen LogP contribution in [0.4, 0.5) is 5.69 Å². The minimum Gasteiger partial charge on any atom is -0.368 e. The molecule has 0 atom stereocenters. The van der Waals surface area contributed by atoms with Crippen LogP contribution in [0.3, 0.4) is 0 Å². The average Bonchev–Trinajstić information content (AvgIpc) is 3.13. The molecule has 0 saturated carbocycles. The van der Waals surface area contributed by atoms with E-state index >= 15 is 0 Å². The van der Waals surface area contributed by atoms with Crippen LogP contribution in [0, 0.1) is 0 Å². The maximum atomic E-state index is 12.6. The van der Waals surface area contributed by atoms with Gasteiger partial charge in [-0.25, -0.2) is 4.68 Å². The first-order valence-corrected chi connectivity index (χ1v) is 10.6. The summed E-state index contributed by atoms with van der Waals surface area (Å²) in [6.45, 7) is 3.06. The summed E-state index contributed by atoms with van der Waals surface area (Å²) < 4.78 is 1.40. The van der Waals surface area contributed by atoms with E-state index in [2.05, 4.69) is 27.2 Å². The van der Waals surface area contributed by atoms with Crippen molar-refractivity contribution in [3.8, 4) is 11.4 Å². The molecule has 7 nitrogen and oxygen atoms in total. The summed E-state index contributed by atoms with van der Waals surface area (Å²) in [5.41, 5.74) is 1.97. The molecule has 0 aliphatic carbocycles. The number of rotatable bonds is 5. The number of hydrogen-bond donors (Lipinski definition) is 1. The van der Waals surface area contributed by atoms with Gasteiger partial charge in [0.1, 0.15) is 0 Å². The molecule has 1 amide bonds. The lowest BCUT2D eigenvalue weighted by molar-refractivity contribution is -0.128. The number of nitrogen functional groups attached to an aromatic ring is 1. The van der Waals surface area contributed by atoms with Gasteiger partial charge < -0.3 is 15.6 Å².